The number of carboxylic acid groups (broad SMARTS) is 1. The summed E-state index contributed by atoms with van der Waals surface area (Å²) in [7, 11) is 1.49. The normalized spacial score (nSPS) is 17.2. The molecular weight excluding hydrogens is 432 g/mol. The number of carbonyl (C=O) groups excluding carboxylic acids is 2. The Hall–Kier alpha value is -3.35. The molecule has 1 fully saturated rings. The fraction of sp³-hybridized carbons (Fsp3) is 0.444. The SMILES string of the molecule is CC(C(=O)O)N(C)C(=O)CC1(NC(=O)OCC2c3ccccc3-c3ccccc32)CCCCC1. The molecule has 0 bridgehead atoms. The summed E-state index contributed by atoms with van der Waals surface area (Å²) in [5, 5.41) is 12.2. The van der Waals surface area contributed by atoms with Gasteiger partial charge in [0.05, 0.1) is 12.0 Å². The standard InChI is InChI=1S/C27H32N2O5/c1-18(25(31)32)29(2)24(30)16-27(14-8-3-9-15-27)28-26(33)34-17-23-21-12-6-4-10-19(21)20-11-5-7-13-22(20)23/h4-7,10-13,18,23H,3,8-9,14-17H2,1-2H3,(H,28,33)(H,31,32). The van der Waals surface area contributed by atoms with Crippen molar-refractivity contribution in [2.75, 3.05) is 13.7 Å². The highest BCUT2D eigenvalue weighted by molar-refractivity contribution is 5.84. The van der Waals surface area contributed by atoms with Crippen LogP contribution in [0.25, 0.3) is 11.1 Å². The molecule has 0 radical (unpaired) electrons. The minimum Gasteiger partial charge on any atom is -0.480 e. The lowest BCUT2D eigenvalue weighted by Crippen LogP contribution is -2.54. The maximum atomic E-state index is 12.9. The van der Waals surface area contributed by atoms with Crippen LogP contribution in [0.15, 0.2) is 48.5 Å². The van der Waals surface area contributed by atoms with Gasteiger partial charge in [0, 0.05) is 13.0 Å². The molecule has 4 rings (SSSR count). The molecule has 34 heavy (non-hydrogen) atoms. The second-order valence-electron chi connectivity index (χ2n) is 9.49. The van der Waals surface area contributed by atoms with E-state index in [1.807, 2.05) is 24.3 Å². The highest BCUT2D eigenvalue weighted by Crippen LogP contribution is 2.44. The van der Waals surface area contributed by atoms with E-state index in [4.69, 9.17) is 4.74 Å². The third-order valence-electron chi connectivity index (χ3n) is 7.34. The molecule has 2 N–H and O–H groups in total. The molecule has 0 saturated heterocycles. The van der Waals surface area contributed by atoms with Gasteiger partial charge in [-0.15, -0.1) is 0 Å². The molecule has 0 heterocycles. The molecule has 7 heteroatoms. The Balaban J connectivity index is 1.44. The zero-order chi connectivity index (χ0) is 24.3. The molecule has 7 nitrogen and oxygen atoms in total. The summed E-state index contributed by atoms with van der Waals surface area (Å²) in [5.74, 6) is -1.39. The van der Waals surface area contributed by atoms with E-state index in [0.717, 1.165) is 41.5 Å². The number of likely N-dealkylation sites (N-methyl/N-ethyl adjacent to an activating group) is 1. The van der Waals surface area contributed by atoms with Crippen molar-refractivity contribution >= 4 is 18.0 Å². The number of hydrogen-bond donors (Lipinski definition) is 2. The predicted molar refractivity (Wildman–Crippen MR) is 129 cm³/mol. The Morgan fingerprint density at radius 3 is 2.15 bits per heavy atom. The molecule has 2 aromatic carbocycles. The minimum atomic E-state index is -1.06. The summed E-state index contributed by atoms with van der Waals surface area (Å²) in [6.45, 7) is 1.69. The second kappa shape index (κ2) is 9.87. The molecule has 0 aromatic heterocycles. The van der Waals surface area contributed by atoms with Crippen molar-refractivity contribution in [3.05, 3.63) is 59.7 Å². The van der Waals surface area contributed by atoms with E-state index in [2.05, 4.69) is 29.6 Å². The van der Waals surface area contributed by atoms with E-state index in [0.29, 0.717) is 12.8 Å². The first kappa shape index (κ1) is 23.8. The maximum Gasteiger partial charge on any atom is 0.407 e. The van der Waals surface area contributed by atoms with Crippen LogP contribution < -0.4 is 5.32 Å². The van der Waals surface area contributed by atoms with Crippen molar-refractivity contribution in [2.24, 2.45) is 0 Å². The fourth-order valence-corrected chi connectivity index (χ4v) is 5.22. The number of nitrogens with one attached hydrogen (secondary N) is 1. The van der Waals surface area contributed by atoms with Crippen molar-refractivity contribution in [3.8, 4) is 11.1 Å². The van der Waals surface area contributed by atoms with Crippen LogP contribution in [0.4, 0.5) is 4.79 Å². The molecule has 180 valence electrons. The van der Waals surface area contributed by atoms with Gasteiger partial charge < -0.3 is 20.1 Å². The van der Waals surface area contributed by atoms with E-state index in [9.17, 15) is 19.5 Å². The first-order valence-electron chi connectivity index (χ1n) is 11.9. The zero-order valence-corrected chi connectivity index (χ0v) is 19.8. The number of hydrogen-bond acceptors (Lipinski definition) is 4. The van der Waals surface area contributed by atoms with Gasteiger partial charge in [-0.1, -0.05) is 67.8 Å². The first-order chi connectivity index (χ1) is 16.3. The van der Waals surface area contributed by atoms with Crippen LogP contribution in [0, 0.1) is 0 Å². The lowest BCUT2D eigenvalue weighted by Gasteiger charge is -2.38. The molecule has 2 aromatic rings. The quantitative estimate of drug-likeness (QED) is 0.627. The Bertz CT molecular complexity index is 1030. The number of carbonyl (C=O) groups is 3. The number of carboxylic acids is 1. The Labute approximate surface area is 200 Å². The van der Waals surface area contributed by atoms with Crippen LogP contribution in [-0.2, 0) is 14.3 Å². The van der Waals surface area contributed by atoms with Gasteiger partial charge in [-0.2, -0.15) is 0 Å². The van der Waals surface area contributed by atoms with E-state index in [1.54, 1.807) is 0 Å². The van der Waals surface area contributed by atoms with Crippen LogP contribution >= 0.6 is 0 Å². The summed E-state index contributed by atoms with van der Waals surface area (Å²) in [5.41, 5.74) is 3.89. The minimum absolute atomic E-state index is 0.0374. The van der Waals surface area contributed by atoms with Gasteiger partial charge in [0.2, 0.25) is 5.91 Å². The number of benzene rings is 2. The van der Waals surface area contributed by atoms with Crippen molar-refractivity contribution in [2.45, 2.75) is 62.9 Å². The summed E-state index contributed by atoms with van der Waals surface area (Å²) >= 11 is 0. The highest BCUT2D eigenvalue weighted by atomic mass is 16.5. The fourth-order valence-electron chi connectivity index (χ4n) is 5.22. The number of ether oxygens (including phenoxy) is 1. The summed E-state index contributed by atoms with van der Waals surface area (Å²) in [4.78, 5) is 38.3. The molecule has 2 aliphatic rings. The molecule has 2 aliphatic carbocycles. The third kappa shape index (κ3) is 4.79. The van der Waals surface area contributed by atoms with Gasteiger partial charge >= 0.3 is 12.1 Å². The molecule has 0 aliphatic heterocycles. The molecule has 1 saturated carbocycles. The lowest BCUT2D eigenvalue weighted by atomic mass is 9.79. The molecule has 1 atom stereocenters. The topological polar surface area (TPSA) is 95.9 Å². The van der Waals surface area contributed by atoms with Crippen molar-refractivity contribution in [1.82, 2.24) is 10.2 Å². The summed E-state index contributed by atoms with van der Waals surface area (Å²) < 4.78 is 5.73. The average Bonchev–Trinajstić information content (AvgIpc) is 3.16. The van der Waals surface area contributed by atoms with Crippen LogP contribution in [0.1, 0.15) is 62.5 Å². The summed E-state index contributed by atoms with van der Waals surface area (Å²) in [6, 6.07) is 15.4. The molecule has 2 amide bonds. The van der Waals surface area contributed by atoms with Crippen molar-refractivity contribution in [1.29, 1.82) is 0 Å². The predicted octanol–water partition coefficient (Wildman–Crippen LogP) is 4.55. The number of rotatable bonds is 7. The monoisotopic (exact) mass is 464 g/mol. The van der Waals surface area contributed by atoms with Crippen molar-refractivity contribution < 1.29 is 24.2 Å². The lowest BCUT2D eigenvalue weighted by molar-refractivity contribution is -0.149. The summed E-state index contributed by atoms with van der Waals surface area (Å²) in [6.07, 6.45) is 3.70. The first-order valence-corrected chi connectivity index (χ1v) is 11.9. The largest absolute Gasteiger partial charge is 0.480 e. The van der Waals surface area contributed by atoms with E-state index in [1.165, 1.54) is 18.9 Å². The maximum absolute atomic E-state index is 12.9. The second-order valence-corrected chi connectivity index (χ2v) is 9.49. The van der Waals surface area contributed by atoms with Crippen LogP contribution in [-0.4, -0.2) is 53.2 Å². The van der Waals surface area contributed by atoms with Gasteiger partial charge in [-0.05, 0) is 42.0 Å². The van der Waals surface area contributed by atoms with Gasteiger partial charge in [0.15, 0.2) is 0 Å². The molecule has 0 spiro atoms. The average molecular weight is 465 g/mol. The van der Waals surface area contributed by atoms with E-state index >= 15 is 0 Å². The van der Waals surface area contributed by atoms with Crippen molar-refractivity contribution in [3.63, 3.8) is 0 Å². The van der Waals surface area contributed by atoms with E-state index in [-0.39, 0.29) is 24.9 Å². The van der Waals surface area contributed by atoms with Crippen LogP contribution in [0.5, 0.6) is 0 Å². The number of fused-ring (bicyclic) bond motifs is 3. The Morgan fingerprint density at radius 1 is 1.03 bits per heavy atom. The Kier molecular flexibility index (Phi) is 6.91. The number of alkyl carbamates (subject to hydrolysis) is 1. The van der Waals surface area contributed by atoms with E-state index < -0.39 is 23.6 Å². The van der Waals surface area contributed by atoms with Gasteiger partial charge in [0.25, 0.3) is 0 Å². The molecular formula is C27H32N2O5. The number of aliphatic carboxylic acids is 1. The van der Waals surface area contributed by atoms with Gasteiger partial charge in [0.1, 0.15) is 12.6 Å². The van der Waals surface area contributed by atoms with Crippen LogP contribution in [0.2, 0.25) is 0 Å². The van der Waals surface area contributed by atoms with Gasteiger partial charge in [-0.25, -0.2) is 9.59 Å². The Morgan fingerprint density at radius 2 is 1.59 bits per heavy atom. The van der Waals surface area contributed by atoms with Crippen LogP contribution in [0.3, 0.4) is 0 Å². The number of nitrogens with zero attached hydrogens (tertiary/aromatic N) is 1. The number of amides is 2. The zero-order valence-electron chi connectivity index (χ0n) is 19.8. The molecule has 1 unspecified atom stereocenters. The third-order valence-corrected chi connectivity index (χ3v) is 7.34. The van der Waals surface area contributed by atoms with Gasteiger partial charge in [-0.3, -0.25) is 4.79 Å². The highest BCUT2D eigenvalue weighted by Gasteiger charge is 2.38. The smallest absolute Gasteiger partial charge is 0.407 e.